The van der Waals surface area contributed by atoms with Gasteiger partial charge in [-0.1, -0.05) is 30.4 Å². The van der Waals surface area contributed by atoms with Crippen molar-refractivity contribution >= 4 is 34.1 Å². The highest BCUT2D eigenvalue weighted by molar-refractivity contribution is 7.80. The second-order valence-electron chi connectivity index (χ2n) is 6.43. The summed E-state index contributed by atoms with van der Waals surface area (Å²) in [5.74, 6) is 1.49. The minimum Gasteiger partial charge on any atom is -0.457 e. The number of nitrogens with zero attached hydrogens (tertiary/aromatic N) is 3. The van der Waals surface area contributed by atoms with Crippen molar-refractivity contribution < 1.29 is 4.74 Å². The molecule has 4 rings (SSSR count). The first-order chi connectivity index (χ1) is 14.1. The Hall–Kier alpha value is -3.89. The van der Waals surface area contributed by atoms with Crippen molar-refractivity contribution in [3.05, 3.63) is 83.7 Å². The quantitative estimate of drug-likeness (QED) is 0.474. The molecule has 0 spiro atoms. The molecule has 0 radical (unpaired) electrons. The molecule has 0 aliphatic heterocycles. The van der Waals surface area contributed by atoms with Gasteiger partial charge in [0.25, 0.3) is 0 Å². The molecule has 0 aliphatic carbocycles. The maximum Gasteiger partial charge on any atom is 0.127 e. The highest BCUT2D eigenvalue weighted by atomic mass is 32.1. The number of thiocarbonyl (C=S) groups is 1. The average Bonchev–Trinajstić information content (AvgIpc) is 3.08. The zero-order valence-corrected chi connectivity index (χ0v) is 16.4. The lowest BCUT2D eigenvalue weighted by molar-refractivity contribution is 0.483. The van der Waals surface area contributed by atoms with Crippen LogP contribution in [0.4, 0.5) is 11.4 Å². The van der Waals surface area contributed by atoms with E-state index in [1.54, 1.807) is 10.7 Å². The van der Waals surface area contributed by atoms with Gasteiger partial charge in [-0.25, -0.2) is 4.52 Å². The first-order valence-corrected chi connectivity index (χ1v) is 9.28. The summed E-state index contributed by atoms with van der Waals surface area (Å²) in [5.41, 5.74) is 10.1. The average molecular weight is 399 g/mol. The summed E-state index contributed by atoms with van der Waals surface area (Å²) in [6, 6.07) is 19.3. The number of anilines is 2. The van der Waals surface area contributed by atoms with Crippen molar-refractivity contribution in [3.63, 3.8) is 0 Å². The molecule has 0 fully saturated rings. The van der Waals surface area contributed by atoms with E-state index in [0.717, 1.165) is 33.8 Å². The van der Waals surface area contributed by atoms with Crippen LogP contribution in [0.2, 0.25) is 0 Å². The summed E-state index contributed by atoms with van der Waals surface area (Å²) in [7, 11) is 0. The van der Waals surface area contributed by atoms with E-state index in [-0.39, 0.29) is 0 Å². The van der Waals surface area contributed by atoms with E-state index in [2.05, 4.69) is 16.5 Å². The fourth-order valence-corrected chi connectivity index (χ4v) is 3.33. The van der Waals surface area contributed by atoms with Gasteiger partial charge in [-0.15, -0.1) is 0 Å². The van der Waals surface area contributed by atoms with Crippen molar-refractivity contribution in [3.8, 4) is 17.6 Å². The lowest BCUT2D eigenvalue weighted by atomic mass is 10.1. The minimum absolute atomic E-state index is 0.292. The number of fused-ring (bicyclic) bond motifs is 1. The number of nitriles is 1. The van der Waals surface area contributed by atoms with Crippen molar-refractivity contribution in [2.75, 3.05) is 5.32 Å². The predicted octanol–water partition coefficient (Wildman–Crippen LogP) is 4.68. The number of nitrogens with one attached hydrogen (secondary N) is 1. The monoisotopic (exact) mass is 399 g/mol. The number of hydrogen-bond acceptors (Lipinski definition) is 5. The number of hydrogen-bond donors (Lipinski definition) is 2. The first-order valence-electron chi connectivity index (χ1n) is 8.87. The molecule has 2 aromatic heterocycles. The van der Waals surface area contributed by atoms with Gasteiger partial charge in [0.1, 0.15) is 22.6 Å². The fourth-order valence-electron chi connectivity index (χ4n) is 3.12. The lowest BCUT2D eigenvalue weighted by Crippen LogP contribution is -2.09. The minimum atomic E-state index is 0.292. The lowest BCUT2D eigenvalue weighted by Gasteiger charge is -2.12. The third kappa shape index (κ3) is 3.61. The topological polar surface area (TPSA) is 88.4 Å². The van der Waals surface area contributed by atoms with Gasteiger partial charge in [0.15, 0.2) is 0 Å². The van der Waals surface area contributed by atoms with Crippen LogP contribution in [0.5, 0.6) is 11.5 Å². The smallest absolute Gasteiger partial charge is 0.127 e. The van der Waals surface area contributed by atoms with Gasteiger partial charge < -0.3 is 15.8 Å². The molecular weight excluding hydrogens is 382 g/mol. The fraction of sp³-hybridized carbons (Fsp3) is 0.0455. The molecule has 29 heavy (non-hydrogen) atoms. The van der Waals surface area contributed by atoms with Gasteiger partial charge in [-0.2, -0.15) is 10.4 Å². The Labute approximate surface area is 173 Å². The van der Waals surface area contributed by atoms with E-state index in [9.17, 15) is 5.26 Å². The van der Waals surface area contributed by atoms with E-state index in [1.165, 1.54) is 6.20 Å². The summed E-state index contributed by atoms with van der Waals surface area (Å²) in [4.78, 5) is 0.292. The molecule has 0 saturated heterocycles. The summed E-state index contributed by atoms with van der Waals surface area (Å²) >= 11 is 5.13. The van der Waals surface area contributed by atoms with Crippen LogP contribution in [-0.2, 0) is 0 Å². The number of aromatic nitrogens is 2. The highest BCUT2D eigenvalue weighted by Gasteiger charge is 2.17. The van der Waals surface area contributed by atoms with Gasteiger partial charge in [-0.05, 0) is 48.9 Å². The van der Waals surface area contributed by atoms with Gasteiger partial charge in [0.2, 0.25) is 0 Å². The molecule has 0 unspecified atom stereocenters. The summed E-state index contributed by atoms with van der Waals surface area (Å²) in [6.45, 7) is 1.91. The summed E-state index contributed by atoms with van der Waals surface area (Å²) in [5, 5.41) is 17.2. The number of benzene rings is 2. The van der Waals surface area contributed by atoms with Crippen LogP contribution in [0, 0.1) is 18.3 Å². The van der Waals surface area contributed by atoms with Gasteiger partial charge in [-0.3, -0.25) is 0 Å². The van der Waals surface area contributed by atoms with Gasteiger partial charge >= 0.3 is 0 Å². The predicted molar refractivity (Wildman–Crippen MR) is 117 cm³/mol. The zero-order valence-electron chi connectivity index (χ0n) is 15.6. The number of nitrogens with two attached hydrogens (primary N) is 1. The second-order valence-corrected chi connectivity index (χ2v) is 6.87. The molecule has 3 N–H and O–H groups in total. The normalized spacial score (nSPS) is 10.5. The number of para-hydroxylation sites is 1. The van der Waals surface area contributed by atoms with Crippen molar-refractivity contribution in [1.29, 1.82) is 5.26 Å². The third-order valence-corrected chi connectivity index (χ3v) is 4.77. The molecule has 0 atom stereocenters. The maximum atomic E-state index is 9.56. The largest absolute Gasteiger partial charge is 0.457 e. The van der Waals surface area contributed by atoms with Crippen LogP contribution in [-0.4, -0.2) is 14.6 Å². The summed E-state index contributed by atoms with van der Waals surface area (Å²) < 4.78 is 7.51. The Morgan fingerprint density at radius 3 is 2.48 bits per heavy atom. The second kappa shape index (κ2) is 7.62. The Morgan fingerprint density at radius 1 is 1.14 bits per heavy atom. The Bertz CT molecular complexity index is 1240. The molecule has 7 heteroatoms. The van der Waals surface area contributed by atoms with Crippen LogP contribution in [0.1, 0.15) is 16.7 Å². The molecule has 4 aromatic rings. The first kappa shape index (κ1) is 18.5. The molecular formula is C22H17N5OS. The summed E-state index contributed by atoms with van der Waals surface area (Å²) in [6.07, 6.45) is 3.29. The van der Waals surface area contributed by atoms with Crippen LogP contribution in [0.25, 0.3) is 5.52 Å². The Balaban J connectivity index is 1.68. The molecule has 0 saturated carbocycles. The molecule has 0 amide bonds. The molecule has 0 aliphatic rings. The Kier molecular flexibility index (Phi) is 4.85. The Morgan fingerprint density at radius 2 is 1.83 bits per heavy atom. The maximum absolute atomic E-state index is 9.56. The molecule has 2 heterocycles. The standard InChI is InChI=1S/C22H17N5OS/c1-14-19(22(24)29)13-27-21(14)20(15(11-23)12-25-27)26-16-7-9-18(10-8-16)28-17-5-3-2-4-6-17/h2-10,12-13,26H,1H3,(H2,24,29). The third-order valence-electron chi connectivity index (χ3n) is 4.55. The SMILES string of the molecule is Cc1c(C(N)=S)cn2ncc(C#N)c(Nc3ccc(Oc4ccccc4)cc3)c12. The highest BCUT2D eigenvalue weighted by Crippen LogP contribution is 2.31. The van der Waals surface area contributed by atoms with Crippen LogP contribution < -0.4 is 15.8 Å². The van der Waals surface area contributed by atoms with E-state index in [4.69, 9.17) is 22.7 Å². The van der Waals surface area contributed by atoms with Crippen LogP contribution in [0.15, 0.2) is 67.0 Å². The molecule has 0 bridgehead atoms. The van der Waals surface area contributed by atoms with Crippen molar-refractivity contribution in [1.82, 2.24) is 9.61 Å². The van der Waals surface area contributed by atoms with Crippen LogP contribution >= 0.6 is 12.2 Å². The van der Waals surface area contributed by atoms with Crippen molar-refractivity contribution in [2.45, 2.75) is 6.92 Å². The van der Waals surface area contributed by atoms with E-state index < -0.39 is 0 Å². The molecule has 6 nitrogen and oxygen atoms in total. The van der Waals surface area contributed by atoms with Gasteiger partial charge in [0, 0.05) is 17.4 Å². The van der Waals surface area contributed by atoms with E-state index >= 15 is 0 Å². The molecule has 2 aromatic carbocycles. The number of aryl methyl sites for hydroxylation is 1. The van der Waals surface area contributed by atoms with Crippen LogP contribution in [0.3, 0.4) is 0 Å². The zero-order chi connectivity index (χ0) is 20.4. The van der Waals surface area contributed by atoms with E-state index in [1.807, 2.05) is 61.5 Å². The number of rotatable bonds is 5. The van der Waals surface area contributed by atoms with E-state index in [0.29, 0.717) is 16.2 Å². The van der Waals surface area contributed by atoms with Gasteiger partial charge in [0.05, 0.1) is 23.0 Å². The number of ether oxygens (including phenoxy) is 1. The molecule has 142 valence electrons. The van der Waals surface area contributed by atoms with Crippen molar-refractivity contribution in [2.24, 2.45) is 5.73 Å².